The highest BCUT2D eigenvalue weighted by Crippen LogP contribution is 2.10. The zero-order valence-corrected chi connectivity index (χ0v) is 27.3. The van der Waals surface area contributed by atoms with E-state index in [0.717, 1.165) is 0 Å². The molecule has 0 heterocycles. The standard InChI is InChI=1S/C28H48N8O12/c1-12(2)9-17(26(45)35-18(11-37)28(47)48)34-27(46)22(13(3)4)36-25(44)16(6-8-20(31)39)33-24(43)15(5-7-19(30)38)32-23(42)14(29)10-21(40)41/h12-18,22,37H,5-11,29H2,1-4H3,(H2,30,38)(H2,31,39)(H,32,42)(H,33,43)(H,34,46)(H,35,45)(H,36,44)(H,40,41)(H,47,48)/t14-,15-,16-,17-,18-,22-/m0/s1. The van der Waals surface area contributed by atoms with Crippen LogP contribution < -0.4 is 43.8 Å². The molecule has 0 aromatic rings. The van der Waals surface area contributed by atoms with Gasteiger partial charge in [-0.15, -0.1) is 0 Å². The lowest BCUT2D eigenvalue weighted by Gasteiger charge is -2.29. The van der Waals surface area contributed by atoms with E-state index < -0.39 is 121 Å². The fourth-order valence-electron chi connectivity index (χ4n) is 4.15. The van der Waals surface area contributed by atoms with Gasteiger partial charge in [0, 0.05) is 12.8 Å². The molecule has 14 N–H and O–H groups in total. The number of carboxylic acids is 2. The molecule has 20 nitrogen and oxygen atoms in total. The second-order valence-electron chi connectivity index (χ2n) is 11.8. The summed E-state index contributed by atoms with van der Waals surface area (Å²) in [5.41, 5.74) is 15.9. The van der Waals surface area contributed by atoms with Crippen molar-refractivity contribution in [3.05, 3.63) is 0 Å². The van der Waals surface area contributed by atoms with E-state index in [2.05, 4.69) is 26.6 Å². The van der Waals surface area contributed by atoms with Gasteiger partial charge in [0.1, 0.15) is 30.2 Å². The number of aliphatic hydroxyl groups is 1. The largest absolute Gasteiger partial charge is 0.481 e. The van der Waals surface area contributed by atoms with Gasteiger partial charge in [-0.25, -0.2) is 4.79 Å². The Morgan fingerprint density at radius 1 is 0.604 bits per heavy atom. The number of rotatable bonds is 23. The Labute approximate surface area is 276 Å². The van der Waals surface area contributed by atoms with E-state index >= 15 is 0 Å². The molecule has 0 aliphatic rings. The lowest BCUT2D eigenvalue weighted by Crippen LogP contribution is -2.60. The molecule has 0 spiro atoms. The van der Waals surface area contributed by atoms with Gasteiger partial charge in [-0.2, -0.15) is 0 Å². The molecule has 0 saturated carbocycles. The molecule has 7 amide bonds. The minimum absolute atomic E-state index is 0.0555. The van der Waals surface area contributed by atoms with Gasteiger partial charge < -0.3 is 59.1 Å². The molecule has 0 aromatic carbocycles. The lowest BCUT2D eigenvalue weighted by molar-refractivity contribution is -0.143. The van der Waals surface area contributed by atoms with Gasteiger partial charge in [0.05, 0.1) is 19.1 Å². The molecule has 0 aliphatic carbocycles. The third-order valence-electron chi connectivity index (χ3n) is 6.74. The molecule has 20 heteroatoms. The molecular weight excluding hydrogens is 640 g/mol. The summed E-state index contributed by atoms with van der Waals surface area (Å²) in [6.45, 7) is 5.68. The summed E-state index contributed by atoms with van der Waals surface area (Å²) in [6.07, 6.45) is -2.28. The van der Waals surface area contributed by atoms with E-state index in [4.69, 9.17) is 22.3 Å². The molecule has 0 rings (SSSR count). The highest BCUT2D eigenvalue weighted by atomic mass is 16.4. The number of nitrogens with one attached hydrogen (secondary N) is 5. The van der Waals surface area contributed by atoms with Crippen molar-refractivity contribution in [1.82, 2.24) is 26.6 Å². The Bertz CT molecular complexity index is 1190. The summed E-state index contributed by atoms with van der Waals surface area (Å²) in [5.74, 6) is -10.2. The Kier molecular flexibility index (Phi) is 19.0. The zero-order chi connectivity index (χ0) is 37.3. The van der Waals surface area contributed by atoms with Crippen molar-refractivity contribution in [3.63, 3.8) is 0 Å². The van der Waals surface area contributed by atoms with Crippen LogP contribution in [0.15, 0.2) is 0 Å². The fourth-order valence-corrected chi connectivity index (χ4v) is 4.15. The number of amides is 7. The summed E-state index contributed by atoms with van der Waals surface area (Å²) in [6, 6.07) is -8.86. The van der Waals surface area contributed by atoms with E-state index in [1.165, 1.54) is 0 Å². The van der Waals surface area contributed by atoms with Crippen molar-refractivity contribution >= 4 is 53.3 Å². The van der Waals surface area contributed by atoms with Crippen molar-refractivity contribution < 1.29 is 58.5 Å². The normalized spacial score (nSPS) is 14.8. The van der Waals surface area contributed by atoms with Crippen LogP contribution in [-0.2, 0) is 43.2 Å². The summed E-state index contributed by atoms with van der Waals surface area (Å²) in [7, 11) is 0. The first-order chi connectivity index (χ1) is 22.2. The van der Waals surface area contributed by atoms with Crippen LogP contribution in [0.2, 0.25) is 0 Å². The molecule has 0 unspecified atom stereocenters. The molecule has 48 heavy (non-hydrogen) atoms. The predicted molar refractivity (Wildman–Crippen MR) is 166 cm³/mol. The number of carbonyl (C=O) groups is 9. The highest BCUT2D eigenvalue weighted by Gasteiger charge is 2.34. The number of carboxylic acid groups (broad SMARTS) is 2. The summed E-state index contributed by atoms with van der Waals surface area (Å²) < 4.78 is 0. The van der Waals surface area contributed by atoms with Crippen LogP contribution in [0.4, 0.5) is 0 Å². The van der Waals surface area contributed by atoms with Gasteiger partial charge in [0.2, 0.25) is 41.4 Å². The Hall–Kier alpha value is -4.85. The van der Waals surface area contributed by atoms with E-state index in [1.807, 2.05) is 0 Å². The number of aliphatic carboxylic acids is 2. The van der Waals surface area contributed by atoms with Gasteiger partial charge >= 0.3 is 11.9 Å². The van der Waals surface area contributed by atoms with Crippen LogP contribution in [0.1, 0.15) is 66.2 Å². The van der Waals surface area contributed by atoms with Crippen LogP contribution in [0.3, 0.4) is 0 Å². The van der Waals surface area contributed by atoms with Crippen LogP contribution >= 0.6 is 0 Å². The molecule has 0 bridgehead atoms. The second-order valence-corrected chi connectivity index (χ2v) is 11.8. The molecule has 0 fully saturated rings. The smallest absolute Gasteiger partial charge is 0.328 e. The minimum atomic E-state index is -1.64. The fraction of sp³-hybridized carbons (Fsp3) is 0.679. The van der Waals surface area contributed by atoms with Gasteiger partial charge in [0.15, 0.2) is 0 Å². The molecule has 0 aromatic heterocycles. The average Bonchev–Trinajstić information content (AvgIpc) is 2.96. The zero-order valence-electron chi connectivity index (χ0n) is 27.3. The number of aliphatic hydroxyl groups excluding tert-OH is 1. The SMILES string of the molecule is CC(C)C[C@H](NC(=O)[C@@H](NC(=O)[C@H](CCC(N)=O)NC(=O)[C@H](CCC(N)=O)NC(=O)[C@@H](N)CC(=O)O)C(C)C)C(=O)N[C@@H](CO)C(=O)O. The van der Waals surface area contributed by atoms with Crippen LogP contribution in [0, 0.1) is 11.8 Å². The first-order valence-corrected chi connectivity index (χ1v) is 15.1. The maximum absolute atomic E-state index is 13.4. The molecule has 272 valence electrons. The predicted octanol–water partition coefficient (Wildman–Crippen LogP) is -4.48. The molecule has 0 aliphatic heterocycles. The van der Waals surface area contributed by atoms with Crippen LogP contribution in [-0.4, -0.2) is 111 Å². The molecule has 0 radical (unpaired) electrons. The Balaban J connectivity index is 6.13. The first kappa shape index (κ1) is 43.1. The van der Waals surface area contributed by atoms with Crippen LogP contribution in [0.5, 0.6) is 0 Å². The van der Waals surface area contributed by atoms with Crippen LogP contribution in [0.25, 0.3) is 0 Å². The van der Waals surface area contributed by atoms with Crippen molar-refractivity contribution in [2.45, 2.75) is 102 Å². The number of carbonyl (C=O) groups excluding carboxylic acids is 7. The maximum Gasteiger partial charge on any atom is 0.328 e. The monoisotopic (exact) mass is 688 g/mol. The number of hydrogen-bond acceptors (Lipinski definition) is 11. The summed E-state index contributed by atoms with van der Waals surface area (Å²) >= 11 is 0. The highest BCUT2D eigenvalue weighted by molar-refractivity contribution is 5.97. The summed E-state index contributed by atoms with van der Waals surface area (Å²) in [5, 5.41) is 39.0. The van der Waals surface area contributed by atoms with Gasteiger partial charge in [-0.05, 0) is 31.1 Å². The Morgan fingerprint density at radius 3 is 1.42 bits per heavy atom. The molecular formula is C28H48N8O12. The van der Waals surface area contributed by atoms with Crippen molar-refractivity contribution in [2.75, 3.05) is 6.61 Å². The topological polar surface area (TPSA) is 353 Å². The number of primary amides is 2. The third kappa shape index (κ3) is 16.6. The molecule has 0 saturated heterocycles. The van der Waals surface area contributed by atoms with E-state index in [0.29, 0.717) is 0 Å². The van der Waals surface area contributed by atoms with E-state index in [-0.39, 0.29) is 25.2 Å². The van der Waals surface area contributed by atoms with Gasteiger partial charge in [-0.1, -0.05) is 27.7 Å². The Morgan fingerprint density at radius 2 is 1.02 bits per heavy atom. The lowest BCUT2D eigenvalue weighted by atomic mass is 9.99. The van der Waals surface area contributed by atoms with E-state index in [9.17, 15) is 53.4 Å². The minimum Gasteiger partial charge on any atom is -0.481 e. The van der Waals surface area contributed by atoms with Crippen molar-refractivity contribution in [1.29, 1.82) is 0 Å². The quantitative estimate of drug-likeness (QED) is 0.0483. The van der Waals surface area contributed by atoms with Gasteiger partial charge in [0.25, 0.3) is 0 Å². The molecule has 6 atom stereocenters. The first-order valence-electron chi connectivity index (χ1n) is 15.1. The van der Waals surface area contributed by atoms with Crippen molar-refractivity contribution in [3.8, 4) is 0 Å². The maximum atomic E-state index is 13.4. The second kappa shape index (κ2) is 21.1. The number of hydrogen-bond donors (Lipinski definition) is 11. The van der Waals surface area contributed by atoms with E-state index in [1.54, 1.807) is 27.7 Å². The third-order valence-corrected chi connectivity index (χ3v) is 6.74. The summed E-state index contributed by atoms with van der Waals surface area (Å²) in [4.78, 5) is 110. The average molecular weight is 689 g/mol. The van der Waals surface area contributed by atoms with Crippen molar-refractivity contribution in [2.24, 2.45) is 29.0 Å². The van der Waals surface area contributed by atoms with Gasteiger partial charge in [-0.3, -0.25) is 38.4 Å². The number of nitrogens with two attached hydrogens (primary N) is 3.